The van der Waals surface area contributed by atoms with Gasteiger partial charge in [0.15, 0.2) is 5.69 Å². The summed E-state index contributed by atoms with van der Waals surface area (Å²) in [6, 6.07) is 12.5. The van der Waals surface area contributed by atoms with E-state index in [9.17, 15) is 22.8 Å². The van der Waals surface area contributed by atoms with Crippen LogP contribution in [0.15, 0.2) is 60.8 Å². The van der Waals surface area contributed by atoms with Gasteiger partial charge in [0.05, 0.1) is 11.1 Å². The lowest BCUT2D eigenvalue weighted by Gasteiger charge is -2.09. The number of aromatic nitrogens is 3. The van der Waals surface area contributed by atoms with Crippen LogP contribution in [-0.2, 0) is 6.18 Å². The number of H-pyrrole nitrogens is 1. The molecule has 4 rings (SSSR count). The highest BCUT2D eigenvalue weighted by molar-refractivity contribution is 6.11. The number of amides is 2. The van der Waals surface area contributed by atoms with Crippen LogP contribution in [0, 0.1) is 0 Å². The highest BCUT2D eigenvalue weighted by atomic mass is 19.4. The van der Waals surface area contributed by atoms with Gasteiger partial charge in [0, 0.05) is 30.4 Å². The summed E-state index contributed by atoms with van der Waals surface area (Å²) < 4.78 is 44.3. The van der Waals surface area contributed by atoms with Gasteiger partial charge in [0.1, 0.15) is 17.2 Å². The lowest BCUT2D eigenvalue weighted by Crippen LogP contribution is -2.18. The van der Waals surface area contributed by atoms with E-state index in [1.165, 1.54) is 25.4 Å². The van der Waals surface area contributed by atoms with Crippen molar-refractivity contribution in [3.63, 3.8) is 0 Å². The summed E-state index contributed by atoms with van der Waals surface area (Å²) in [5, 5.41) is 11.7. The number of pyridine rings is 1. The number of nitrogens with zero attached hydrogens (tertiary/aromatic N) is 2. The van der Waals surface area contributed by atoms with Gasteiger partial charge in [-0.15, -0.1) is 0 Å². The van der Waals surface area contributed by atoms with Crippen LogP contribution in [0.2, 0.25) is 0 Å². The smallest absolute Gasteiger partial charge is 0.416 e. The Morgan fingerprint density at radius 3 is 2.42 bits per heavy atom. The molecule has 0 unspecified atom stereocenters. The molecular weight excluding hydrogens is 439 g/mol. The molecule has 0 atom stereocenters. The topological polar surface area (TPSA) is 109 Å². The van der Waals surface area contributed by atoms with E-state index in [1.54, 1.807) is 30.3 Å². The summed E-state index contributed by atoms with van der Waals surface area (Å²) >= 11 is 0. The number of ether oxygens (including phenoxy) is 1. The summed E-state index contributed by atoms with van der Waals surface area (Å²) in [7, 11) is 1.50. The number of benzene rings is 2. The van der Waals surface area contributed by atoms with E-state index in [-0.39, 0.29) is 28.2 Å². The Morgan fingerprint density at radius 1 is 0.970 bits per heavy atom. The van der Waals surface area contributed by atoms with E-state index in [2.05, 4.69) is 25.8 Å². The molecule has 0 saturated heterocycles. The van der Waals surface area contributed by atoms with Crippen LogP contribution in [0.5, 0.6) is 11.5 Å². The summed E-state index contributed by atoms with van der Waals surface area (Å²) in [6.45, 7) is 0. The number of rotatable bonds is 5. The van der Waals surface area contributed by atoms with Gasteiger partial charge in [-0.3, -0.25) is 19.7 Å². The minimum absolute atomic E-state index is 0.0300. The molecule has 0 radical (unpaired) electrons. The predicted octanol–water partition coefficient (Wildman–Crippen LogP) is 4.38. The van der Waals surface area contributed by atoms with Crippen molar-refractivity contribution >= 4 is 28.4 Å². The minimum atomic E-state index is -4.49. The van der Waals surface area contributed by atoms with Gasteiger partial charge in [-0.25, -0.2) is 0 Å². The molecule has 168 valence electrons. The Hall–Kier alpha value is -4.41. The second-order valence-corrected chi connectivity index (χ2v) is 6.87. The maximum atomic E-state index is 12.9. The molecule has 0 spiro atoms. The van der Waals surface area contributed by atoms with Gasteiger partial charge < -0.3 is 15.4 Å². The van der Waals surface area contributed by atoms with E-state index >= 15 is 0 Å². The molecular formula is C22H16F3N5O3. The maximum absolute atomic E-state index is 12.9. The normalized spacial score (nSPS) is 11.3. The number of hydrogen-bond donors (Lipinski definition) is 3. The first kappa shape index (κ1) is 21.8. The van der Waals surface area contributed by atoms with Gasteiger partial charge in [0.2, 0.25) is 0 Å². The number of halogens is 3. The Kier molecular flexibility index (Phi) is 5.69. The predicted molar refractivity (Wildman–Crippen MR) is 113 cm³/mol. The minimum Gasteiger partial charge on any atom is -0.457 e. The fourth-order valence-electron chi connectivity index (χ4n) is 3.03. The molecule has 0 aliphatic rings. The van der Waals surface area contributed by atoms with Crippen LogP contribution >= 0.6 is 0 Å². The molecule has 11 heteroatoms. The molecule has 2 aromatic heterocycles. The third-order valence-electron chi connectivity index (χ3n) is 4.64. The first-order valence-electron chi connectivity index (χ1n) is 9.57. The van der Waals surface area contributed by atoms with Crippen LogP contribution in [0.1, 0.15) is 26.5 Å². The molecule has 4 aromatic rings. The van der Waals surface area contributed by atoms with Crippen molar-refractivity contribution in [3.05, 3.63) is 77.7 Å². The third-order valence-corrected chi connectivity index (χ3v) is 4.64. The Bertz CT molecular complexity index is 1330. The third kappa shape index (κ3) is 4.76. The van der Waals surface area contributed by atoms with Crippen molar-refractivity contribution in [2.45, 2.75) is 6.18 Å². The highest BCUT2D eigenvalue weighted by Gasteiger charge is 2.31. The average Bonchev–Trinajstić information content (AvgIpc) is 3.23. The molecule has 0 bridgehead atoms. The lowest BCUT2D eigenvalue weighted by molar-refractivity contribution is -0.137. The molecule has 0 aliphatic heterocycles. The van der Waals surface area contributed by atoms with E-state index in [4.69, 9.17) is 4.74 Å². The number of carbonyl (C=O) groups is 2. The molecule has 2 heterocycles. The number of carbonyl (C=O) groups excluding carboxylic acids is 2. The first-order valence-corrected chi connectivity index (χ1v) is 9.57. The fraction of sp³-hybridized carbons (Fsp3) is 0.0909. The van der Waals surface area contributed by atoms with Crippen molar-refractivity contribution < 1.29 is 27.5 Å². The molecule has 0 fully saturated rings. The number of alkyl halides is 3. The van der Waals surface area contributed by atoms with Crippen LogP contribution < -0.4 is 15.4 Å². The maximum Gasteiger partial charge on any atom is 0.416 e. The van der Waals surface area contributed by atoms with Crippen molar-refractivity contribution in [2.24, 2.45) is 0 Å². The Labute approximate surface area is 184 Å². The number of anilines is 1. The summed E-state index contributed by atoms with van der Waals surface area (Å²) in [4.78, 5) is 28.2. The summed E-state index contributed by atoms with van der Waals surface area (Å²) in [5.74, 6) is -0.0772. The SMILES string of the molecule is CNC(=O)c1cc(Oc2ccc(NC(=O)c3n[nH]c4cc(C(F)(F)F)ccc34)cc2)ccn1. The van der Waals surface area contributed by atoms with E-state index in [1.807, 2.05) is 0 Å². The van der Waals surface area contributed by atoms with Crippen LogP contribution in [0.3, 0.4) is 0 Å². The molecule has 3 N–H and O–H groups in total. The van der Waals surface area contributed by atoms with Crippen molar-refractivity contribution in [1.29, 1.82) is 0 Å². The molecule has 8 nitrogen and oxygen atoms in total. The van der Waals surface area contributed by atoms with Gasteiger partial charge in [-0.1, -0.05) is 0 Å². The molecule has 2 aromatic carbocycles. The number of fused-ring (bicyclic) bond motifs is 1. The van der Waals surface area contributed by atoms with Crippen LogP contribution in [0.4, 0.5) is 18.9 Å². The molecule has 0 saturated carbocycles. The van der Waals surface area contributed by atoms with Crippen LogP contribution in [-0.4, -0.2) is 34.0 Å². The molecule has 2 amide bonds. The molecule has 33 heavy (non-hydrogen) atoms. The summed E-state index contributed by atoms with van der Waals surface area (Å²) in [5.41, 5.74) is -0.133. The van der Waals surface area contributed by atoms with Gasteiger partial charge in [-0.2, -0.15) is 18.3 Å². The standard InChI is InChI=1S/C22H16F3N5O3/c1-26-20(31)18-11-15(8-9-27-18)33-14-5-3-13(4-6-14)28-21(32)19-16-7-2-12(22(23,24)25)10-17(16)29-30-19/h2-11H,1H3,(H,26,31)(H,28,32)(H,29,30). The van der Waals surface area contributed by atoms with Gasteiger partial charge in [-0.05, 0) is 48.5 Å². The Balaban J connectivity index is 1.46. The highest BCUT2D eigenvalue weighted by Crippen LogP contribution is 2.31. The van der Waals surface area contributed by atoms with Crippen molar-refractivity contribution in [3.8, 4) is 11.5 Å². The number of hydrogen-bond acceptors (Lipinski definition) is 5. The van der Waals surface area contributed by atoms with E-state index in [0.717, 1.165) is 12.1 Å². The van der Waals surface area contributed by atoms with Gasteiger partial charge in [0.25, 0.3) is 11.8 Å². The fourth-order valence-corrected chi connectivity index (χ4v) is 3.03. The summed E-state index contributed by atoms with van der Waals surface area (Å²) in [6.07, 6.45) is -3.05. The second kappa shape index (κ2) is 8.61. The molecule has 0 aliphatic carbocycles. The lowest BCUT2D eigenvalue weighted by atomic mass is 10.1. The van der Waals surface area contributed by atoms with Crippen molar-refractivity contribution in [2.75, 3.05) is 12.4 Å². The number of aromatic amines is 1. The second-order valence-electron chi connectivity index (χ2n) is 6.87. The van der Waals surface area contributed by atoms with E-state index in [0.29, 0.717) is 17.2 Å². The number of nitrogens with one attached hydrogen (secondary N) is 3. The largest absolute Gasteiger partial charge is 0.457 e. The Morgan fingerprint density at radius 2 is 1.73 bits per heavy atom. The van der Waals surface area contributed by atoms with E-state index < -0.39 is 17.6 Å². The average molecular weight is 455 g/mol. The van der Waals surface area contributed by atoms with Gasteiger partial charge >= 0.3 is 6.18 Å². The zero-order valence-electron chi connectivity index (χ0n) is 17.0. The monoisotopic (exact) mass is 455 g/mol. The first-order chi connectivity index (χ1) is 15.7. The van der Waals surface area contributed by atoms with Crippen LogP contribution in [0.25, 0.3) is 10.9 Å². The zero-order valence-corrected chi connectivity index (χ0v) is 17.0. The zero-order chi connectivity index (χ0) is 23.6. The quantitative estimate of drug-likeness (QED) is 0.414. The van der Waals surface area contributed by atoms with Crippen molar-refractivity contribution in [1.82, 2.24) is 20.5 Å².